The van der Waals surface area contributed by atoms with E-state index in [1.54, 1.807) is 0 Å². The van der Waals surface area contributed by atoms with Crippen molar-refractivity contribution in [3.05, 3.63) is 12.8 Å². The molecule has 0 amide bonds. The molecule has 0 spiro atoms. The lowest BCUT2D eigenvalue weighted by Crippen LogP contribution is -2.02. The van der Waals surface area contributed by atoms with Crippen LogP contribution in [-0.4, -0.2) is 17.8 Å². The second-order valence-electron chi connectivity index (χ2n) is 1.18. The lowest BCUT2D eigenvalue weighted by Gasteiger charge is -1.87. The van der Waals surface area contributed by atoms with E-state index in [2.05, 4.69) is 6.58 Å². The van der Waals surface area contributed by atoms with Gasteiger partial charge in [0.15, 0.2) is 0 Å². The zero-order chi connectivity index (χ0) is 6.99. The molecule has 0 fully saturated rings. The third kappa shape index (κ3) is 51.0. The molecule has 0 aromatic carbocycles. The highest BCUT2D eigenvalue weighted by Gasteiger charge is 1.85. The van der Waals surface area contributed by atoms with E-state index >= 15 is 0 Å². The average Bonchev–Trinajstić information content (AvgIpc) is 1.69. The van der Waals surface area contributed by atoms with Gasteiger partial charge in [-0.1, -0.05) is 6.58 Å². The first-order valence-corrected chi connectivity index (χ1v) is 2.18. The summed E-state index contributed by atoms with van der Waals surface area (Å²) >= 11 is 0. The Morgan fingerprint density at radius 3 is 2.00 bits per heavy atom. The summed E-state index contributed by atoms with van der Waals surface area (Å²) in [5.41, 5.74) is 0. The Morgan fingerprint density at radius 1 is 1.88 bits per heavy atom. The van der Waals surface area contributed by atoms with Gasteiger partial charge in [0.1, 0.15) is 12.9 Å². The quantitative estimate of drug-likeness (QED) is 0.496. The monoisotopic (exact) mass is 118 g/mol. The minimum Gasteiger partial charge on any atom is -0.391 e. The van der Waals surface area contributed by atoms with E-state index in [1.807, 2.05) is 0 Å². The first-order valence-electron chi connectivity index (χ1n) is 2.18. The second kappa shape index (κ2) is 9.68. The number of hydrogen-bond acceptors (Lipinski definition) is 1. The van der Waals surface area contributed by atoms with Gasteiger partial charge >= 0.3 is 0 Å². The molecule has 0 aromatic heterocycles. The highest BCUT2D eigenvalue weighted by Crippen LogP contribution is 1.69. The molecule has 1 unspecified atom stereocenters. The van der Waals surface area contributed by atoms with Gasteiger partial charge in [0.05, 0.1) is 6.10 Å². The zero-order valence-electron chi connectivity index (χ0n) is 4.83. The lowest BCUT2D eigenvalue weighted by atomic mass is 10.5. The summed E-state index contributed by atoms with van der Waals surface area (Å²) in [4.78, 5) is 0. The molecule has 0 aliphatic carbocycles. The van der Waals surface area contributed by atoms with Gasteiger partial charge in [-0.2, -0.15) is 0 Å². The molecule has 3 nitrogen and oxygen atoms in total. The largest absolute Gasteiger partial charge is 0.391 e. The predicted octanol–water partition coefficient (Wildman–Crippen LogP) is 0.358. The smallest absolute Gasteiger partial charge is 0.135 e. The van der Waals surface area contributed by atoms with Gasteiger partial charge in [-0.15, -0.1) is 0 Å². The highest BCUT2D eigenvalue weighted by molar-refractivity contribution is 4.37. The Bertz CT molecular complexity index is 42.9. The summed E-state index contributed by atoms with van der Waals surface area (Å²) in [5.74, 6) is 0. The minimum atomic E-state index is -0.671. The van der Waals surface area contributed by atoms with E-state index in [0.717, 1.165) is 0 Å². The van der Waals surface area contributed by atoms with Crippen molar-refractivity contribution in [1.29, 1.82) is 0 Å². The van der Waals surface area contributed by atoms with Crippen molar-refractivity contribution >= 4 is 0 Å². The van der Waals surface area contributed by atoms with Crippen molar-refractivity contribution < 1.29 is 15.3 Å². The molecular formula is C5H10O3. The lowest BCUT2D eigenvalue weighted by molar-refractivity contribution is 0.0672. The van der Waals surface area contributed by atoms with Crippen molar-refractivity contribution in [1.82, 2.24) is 0 Å². The molecular weight excluding hydrogens is 108 g/mol. The average molecular weight is 118 g/mol. The minimum absolute atomic E-state index is 0.389. The first kappa shape index (κ1) is 10.4. The van der Waals surface area contributed by atoms with Crippen LogP contribution in [0.25, 0.3) is 0 Å². The van der Waals surface area contributed by atoms with Gasteiger partial charge in [0.2, 0.25) is 0 Å². The van der Waals surface area contributed by atoms with Gasteiger partial charge in [0, 0.05) is 0 Å². The van der Waals surface area contributed by atoms with Gasteiger partial charge in [-0.3, -0.25) is 5.11 Å². The molecule has 0 rings (SSSR count). The molecule has 1 atom stereocenters. The summed E-state index contributed by atoms with van der Waals surface area (Å²) in [6.07, 6.45) is -0.171. The van der Waals surface area contributed by atoms with Crippen molar-refractivity contribution in [2.45, 2.75) is 13.0 Å². The Hall–Kier alpha value is -0.540. The third-order valence-electron chi connectivity index (χ3n) is 0.241. The molecule has 3 heteroatoms. The van der Waals surface area contributed by atoms with Crippen LogP contribution < -0.4 is 0 Å². The second-order valence-corrected chi connectivity index (χ2v) is 1.18. The van der Waals surface area contributed by atoms with Gasteiger partial charge in [0.25, 0.3) is 0 Å². The Labute approximate surface area is 48.9 Å². The fourth-order valence-electron chi connectivity index (χ4n) is 0. The van der Waals surface area contributed by atoms with Crippen LogP contribution >= 0.6 is 0 Å². The van der Waals surface area contributed by atoms with Crippen LogP contribution in [0.1, 0.15) is 6.92 Å². The summed E-state index contributed by atoms with van der Waals surface area (Å²) < 4.78 is 0. The summed E-state index contributed by atoms with van der Waals surface area (Å²) in [5, 5.41) is 26.1. The van der Waals surface area contributed by atoms with E-state index < -0.39 is 6.10 Å². The van der Waals surface area contributed by atoms with Crippen LogP contribution in [-0.2, 0) is 10.2 Å². The summed E-state index contributed by atoms with van der Waals surface area (Å²) in [7, 11) is 0. The van der Waals surface area contributed by atoms with Crippen LogP contribution in [0.5, 0.6) is 0 Å². The van der Waals surface area contributed by atoms with Gasteiger partial charge in [-0.25, -0.2) is 5.11 Å². The Morgan fingerprint density at radius 2 is 2.00 bits per heavy atom. The molecule has 48 valence electrons. The molecule has 2 radical (unpaired) electrons. The van der Waals surface area contributed by atoms with E-state index in [-0.39, 0.29) is 6.61 Å². The predicted molar refractivity (Wildman–Crippen MR) is 28.1 cm³/mol. The Kier molecular flexibility index (Phi) is 12.6. The molecule has 0 saturated carbocycles. The summed E-state index contributed by atoms with van der Waals surface area (Å²) in [6.45, 7) is 3.88. The third-order valence-corrected chi connectivity index (χ3v) is 0.241. The van der Waals surface area contributed by atoms with E-state index in [4.69, 9.17) is 10.2 Å². The number of hydrogen-bond donors (Lipinski definition) is 1. The molecule has 1 N–H and O–H groups in total. The van der Waals surface area contributed by atoms with E-state index in [9.17, 15) is 5.11 Å². The standard InChI is InChI=1S/C3H7O2.C2H3O/c1-3(5)2-4;1-2-3/h3,5H,2H2,1H3;2H,1H2. The van der Waals surface area contributed by atoms with Gasteiger partial charge in [-0.05, 0) is 6.92 Å². The molecule has 0 aromatic rings. The number of aliphatic hydroxyl groups excluding tert-OH is 1. The first-order chi connectivity index (χ1) is 3.68. The number of rotatable bonds is 1. The van der Waals surface area contributed by atoms with Crippen LogP contribution in [0.15, 0.2) is 12.8 Å². The van der Waals surface area contributed by atoms with Crippen molar-refractivity contribution in [3.63, 3.8) is 0 Å². The van der Waals surface area contributed by atoms with Crippen LogP contribution in [0, 0.1) is 0 Å². The maximum absolute atomic E-state index is 9.38. The fourth-order valence-corrected chi connectivity index (χ4v) is 0. The SMILES string of the molecule is C=C[O].CC(O)C[O]. The van der Waals surface area contributed by atoms with Crippen molar-refractivity contribution in [3.8, 4) is 0 Å². The van der Waals surface area contributed by atoms with Gasteiger partial charge < -0.3 is 5.11 Å². The van der Waals surface area contributed by atoms with Crippen LogP contribution in [0.3, 0.4) is 0 Å². The normalized spacial score (nSPS) is 10.9. The Balaban J connectivity index is 0. The van der Waals surface area contributed by atoms with Crippen LogP contribution in [0.2, 0.25) is 0 Å². The highest BCUT2D eigenvalue weighted by atomic mass is 16.3. The fraction of sp³-hybridized carbons (Fsp3) is 0.600. The molecule has 0 bridgehead atoms. The van der Waals surface area contributed by atoms with Crippen LogP contribution in [0.4, 0.5) is 0 Å². The topological polar surface area (TPSA) is 60.0 Å². The summed E-state index contributed by atoms with van der Waals surface area (Å²) in [6, 6.07) is 0. The van der Waals surface area contributed by atoms with E-state index in [0.29, 0.717) is 6.26 Å². The maximum atomic E-state index is 9.38. The van der Waals surface area contributed by atoms with Crippen molar-refractivity contribution in [2.24, 2.45) is 0 Å². The maximum Gasteiger partial charge on any atom is 0.135 e. The molecule has 8 heavy (non-hydrogen) atoms. The molecule has 0 aliphatic rings. The van der Waals surface area contributed by atoms with E-state index in [1.165, 1.54) is 6.92 Å². The molecule has 0 aliphatic heterocycles. The molecule has 0 heterocycles. The number of aliphatic hydroxyl groups is 1. The molecule has 0 saturated heterocycles. The zero-order valence-corrected chi connectivity index (χ0v) is 4.83. The van der Waals surface area contributed by atoms with Crippen molar-refractivity contribution in [2.75, 3.05) is 6.61 Å².